The molecule has 1 aromatic carbocycles. The van der Waals surface area contributed by atoms with Crippen molar-refractivity contribution in [2.45, 2.75) is 25.4 Å². The molecule has 1 N–H and O–H groups in total. The summed E-state index contributed by atoms with van der Waals surface area (Å²) in [6.07, 6.45) is 2.49. The van der Waals surface area contributed by atoms with E-state index in [-0.39, 0.29) is 6.10 Å². The van der Waals surface area contributed by atoms with E-state index in [0.717, 1.165) is 32.5 Å². The van der Waals surface area contributed by atoms with Gasteiger partial charge in [0.15, 0.2) is 0 Å². The number of fused-ring (bicyclic) bond motifs is 1. The molecule has 1 aliphatic heterocycles. The van der Waals surface area contributed by atoms with Gasteiger partial charge in [-0.2, -0.15) is 0 Å². The zero-order valence-corrected chi connectivity index (χ0v) is 11.2. The van der Waals surface area contributed by atoms with Crippen LogP contribution in [0.4, 0.5) is 0 Å². The van der Waals surface area contributed by atoms with Crippen molar-refractivity contribution in [3.8, 4) is 0 Å². The van der Waals surface area contributed by atoms with Crippen LogP contribution in [0.3, 0.4) is 0 Å². The van der Waals surface area contributed by atoms with Gasteiger partial charge in [-0.15, -0.1) is 11.3 Å². The molecule has 3 heteroatoms. The van der Waals surface area contributed by atoms with Gasteiger partial charge in [-0.1, -0.05) is 18.2 Å². The maximum absolute atomic E-state index is 10.2. The average Bonchev–Trinajstić information content (AvgIpc) is 3.00. The summed E-state index contributed by atoms with van der Waals surface area (Å²) in [6, 6.07) is 8.41. The monoisotopic (exact) mass is 262 g/mol. The summed E-state index contributed by atoms with van der Waals surface area (Å²) in [5.74, 6) is 0.546. The van der Waals surface area contributed by atoms with E-state index < -0.39 is 0 Å². The number of aliphatic hydroxyl groups is 1. The predicted octanol–water partition coefficient (Wildman–Crippen LogP) is 3.23. The molecule has 0 spiro atoms. The second-order valence-corrected chi connectivity index (χ2v) is 5.99. The zero-order chi connectivity index (χ0) is 12.4. The molecule has 2 aromatic rings. The molecule has 1 aromatic heterocycles. The number of ether oxygens (including phenoxy) is 1. The average molecular weight is 262 g/mol. The van der Waals surface area contributed by atoms with Gasteiger partial charge in [0.2, 0.25) is 0 Å². The normalized spacial score (nSPS) is 21.5. The molecule has 0 saturated carbocycles. The highest BCUT2D eigenvalue weighted by Crippen LogP contribution is 2.28. The summed E-state index contributed by atoms with van der Waals surface area (Å²) in [5, 5.41) is 13.7. The predicted molar refractivity (Wildman–Crippen MR) is 75.1 cm³/mol. The van der Waals surface area contributed by atoms with Gasteiger partial charge in [0.25, 0.3) is 0 Å². The molecule has 0 amide bonds. The molecule has 0 bridgehead atoms. The minimum atomic E-state index is -0.241. The summed E-state index contributed by atoms with van der Waals surface area (Å²) in [7, 11) is 0. The fourth-order valence-electron chi connectivity index (χ4n) is 2.68. The first-order chi connectivity index (χ1) is 8.83. The Morgan fingerprint density at radius 3 is 3.11 bits per heavy atom. The molecule has 2 nitrogen and oxygen atoms in total. The van der Waals surface area contributed by atoms with Crippen LogP contribution in [0.2, 0.25) is 0 Å². The van der Waals surface area contributed by atoms with Gasteiger partial charge >= 0.3 is 0 Å². The molecule has 0 radical (unpaired) electrons. The molecule has 2 atom stereocenters. The zero-order valence-electron chi connectivity index (χ0n) is 10.3. The fourth-order valence-corrected chi connectivity index (χ4v) is 3.66. The smallest absolute Gasteiger partial charge is 0.0584 e. The van der Waals surface area contributed by atoms with E-state index >= 15 is 0 Å². The highest BCUT2D eigenvalue weighted by molar-refractivity contribution is 7.17. The van der Waals surface area contributed by atoms with Crippen molar-refractivity contribution < 1.29 is 9.84 Å². The summed E-state index contributed by atoms with van der Waals surface area (Å²) < 4.78 is 6.66. The number of hydrogen-bond donors (Lipinski definition) is 1. The number of rotatable bonds is 4. The topological polar surface area (TPSA) is 29.5 Å². The molecule has 2 unspecified atom stereocenters. The highest BCUT2D eigenvalue weighted by atomic mass is 32.1. The van der Waals surface area contributed by atoms with Crippen molar-refractivity contribution in [1.82, 2.24) is 0 Å². The lowest BCUT2D eigenvalue weighted by molar-refractivity contribution is 0.129. The van der Waals surface area contributed by atoms with Crippen molar-refractivity contribution >= 4 is 21.4 Å². The Labute approximate surface area is 111 Å². The maximum atomic E-state index is 10.2. The largest absolute Gasteiger partial charge is 0.393 e. The lowest BCUT2D eigenvalue weighted by atomic mass is 9.96. The first-order valence-corrected chi connectivity index (χ1v) is 7.42. The standard InChI is InChI=1S/C15H18O2S/c16-13(7-11-5-6-17-9-11)8-12-10-18-15-4-2-1-3-14(12)15/h1-4,10-11,13,16H,5-9H2. The molecule has 1 aliphatic rings. The molecule has 2 heterocycles. The second kappa shape index (κ2) is 5.39. The summed E-state index contributed by atoms with van der Waals surface area (Å²) in [4.78, 5) is 0. The summed E-state index contributed by atoms with van der Waals surface area (Å²) in [6.45, 7) is 1.68. The number of thiophene rings is 1. The molecule has 96 valence electrons. The Kier molecular flexibility index (Phi) is 3.64. The van der Waals surface area contributed by atoms with Crippen molar-refractivity contribution in [3.63, 3.8) is 0 Å². The van der Waals surface area contributed by atoms with E-state index in [1.54, 1.807) is 11.3 Å². The Balaban J connectivity index is 1.67. The molecule has 18 heavy (non-hydrogen) atoms. The third-order valence-electron chi connectivity index (χ3n) is 3.65. The van der Waals surface area contributed by atoms with Crippen molar-refractivity contribution in [1.29, 1.82) is 0 Å². The molecule has 1 fully saturated rings. The van der Waals surface area contributed by atoms with Crippen LogP contribution >= 0.6 is 11.3 Å². The Morgan fingerprint density at radius 2 is 2.28 bits per heavy atom. The number of benzene rings is 1. The van der Waals surface area contributed by atoms with Gasteiger partial charge in [-0.3, -0.25) is 0 Å². The van der Waals surface area contributed by atoms with Gasteiger partial charge in [-0.05, 0) is 47.6 Å². The van der Waals surface area contributed by atoms with Crippen molar-refractivity contribution in [2.75, 3.05) is 13.2 Å². The van der Waals surface area contributed by atoms with Crippen molar-refractivity contribution in [2.24, 2.45) is 5.92 Å². The van der Waals surface area contributed by atoms with E-state index in [0.29, 0.717) is 5.92 Å². The highest BCUT2D eigenvalue weighted by Gasteiger charge is 2.20. The van der Waals surface area contributed by atoms with Gasteiger partial charge in [-0.25, -0.2) is 0 Å². The van der Waals surface area contributed by atoms with Crippen LogP contribution in [0, 0.1) is 5.92 Å². The van der Waals surface area contributed by atoms with Crippen LogP contribution in [-0.4, -0.2) is 24.4 Å². The fraction of sp³-hybridized carbons (Fsp3) is 0.467. The number of hydrogen-bond acceptors (Lipinski definition) is 3. The van der Waals surface area contributed by atoms with Crippen molar-refractivity contribution in [3.05, 3.63) is 35.2 Å². The van der Waals surface area contributed by atoms with Crippen LogP contribution in [0.25, 0.3) is 10.1 Å². The summed E-state index contributed by atoms with van der Waals surface area (Å²) >= 11 is 1.76. The van der Waals surface area contributed by atoms with Gasteiger partial charge in [0, 0.05) is 17.9 Å². The lowest BCUT2D eigenvalue weighted by Crippen LogP contribution is -2.16. The molecular formula is C15H18O2S. The molecule has 3 rings (SSSR count). The van der Waals surface area contributed by atoms with Gasteiger partial charge in [0.05, 0.1) is 6.10 Å². The molecular weight excluding hydrogens is 244 g/mol. The first-order valence-electron chi connectivity index (χ1n) is 6.54. The second-order valence-electron chi connectivity index (χ2n) is 5.08. The molecule has 1 saturated heterocycles. The Bertz CT molecular complexity index is 514. The van der Waals surface area contributed by atoms with Crippen LogP contribution < -0.4 is 0 Å². The van der Waals surface area contributed by atoms with E-state index in [2.05, 4.69) is 29.6 Å². The number of aliphatic hydroxyl groups excluding tert-OH is 1. The van der Waals surface area contributed by atoms with Crippen LogP contribution in [0.1, 0.15) is 18.4 Å². The Morgan fingerprint density at radius 1 is 1.39 bits per heavy atom. The van der Waals surface area contributed by atoms with Crippen LogP contribution in [0.15, 0.2) is 29.6 Å². The van der Waals surface area contributed by atoms with Crippen LogP contribution in [-0.2, 0) is 11.2 Å². The SMILES string of the molecule is OC(Cc1csc2ccccc12)CC1CCOC1. The quantitative estimate of drug-likeness (QED) is 0.916. The van der Waals surface area contributed by atoms with Crippen LogP contribution in [0.5, 0.6) is 0 Å². The van der Waals surface area contributed by atoms with E-state index in [4.69, 9.17) is 4.74 Å². The maximum Gasteiger partial charge on any atom is 0.0584 e. The molecule has 0 aliphatic carbocycles. The minimum Gasteiger partial charge on any atom is -0.393 e. The first kappa shape index (κ1) is 12.2. The van der Waals surface area contributed by atoms with Gasteiger partial charge < -0.3 is 9.84 Å². The van der Waals surface area contributed by atoms with E-state index in [9.17, 15) is 5.11 Å². The third kappa shape index (κ3) is 2.58. The minimum absolute atomic E-state index is 0.241. The van der Waals surface area contributed by atoms with E-state index in [1.807, 2.05) is 0 Å². The lowest BCUT2D eigenvalue weighted by Gasteiger charge is -2.13. The van der Waals surface area contributed by atoms with Gasteiger partial charge in [0.1, 0.15) is 0 Å². The van der Waals surface area contributed by atoms with E-state index in [1.165, 1.54) is 15.6 Å². The Hall–Kier alpha value is -0.900. The summed E-state index contributed by atoms with van der Waals surface area (Å²) in [5.41, 5.74) is 1.28. The third-order valence-corrected chi connectivity index (χ3v) is 4.66.